The highest BCUT2D eigenvalue weighted by Gasteiger charge is 2.12. The number of halogens is 1. The first kappa shape index (κ1) is 10.9. The summed E-state index contributed by atoms with van der Waals surface area (Å²) in [6.07, 6.45) is 0. The molecule has 0 aromatic heterocycles. The van der Waals surface area contributed by atoms with Gasteiger partial charge >= 0.3 is 5.97 Å². The summed E-state index contributed by atoms with van der Waals surface area (Å²) in [6, 6.07) is 4.68. The van der Waals surface area contributed by atoms with Gasteiger partial charge in [-0.15, -0.1) is 24.2 Å². The zero-order chi connectivity index (χ0) is 10.7. The Kier molecular flexibility index (Phi) is 3.39. The highest BCUT2D eigenvalue weighted by atomic mass is 35.5. The molecule has 0 aliphatic rings. The van der Waals surface area contributed by atoms with Crippen LogP contribution in [0.2, 0.25) is 0 Å². The summed E-state index contributed by atoms with van der Waals surface area (Å²) >= 11 is 9.63. The summed E-state index contributed by atoms with van der Waals surface area (Å²) in [5.74, 6) is -0.979. The summed E-state index contributed by atoms with van der Waals surface area (Å²) in [5.41, 5.74) is 0.824. The first-order valence-corrected chi connectivity index (χ1v) is 4.63. The standard InChI is InChI=1S/C9H6ClNO2S/c10-3-6-1-5(4-11)2-7(8(6)14)9(12)13/h1-2,14H,3H2,(H,12,13). The van der Waals surface area contributed by atoms with Crippen LogP contribution in [-0.2, 0) is 5.88 Å². The van der Waals surface area contributed by atoms with Crippen LogP contribution in [-0.4, -0.2) is 11.1 Å². The molecule has 1 aromatic rings. The predicted octanol–water partition coefficient (Wildman–Crippen LogP) is 2.28. The molecule has 0 unspecified atom stereocenters. The first-order valence-electron chi connectivity index (χ1n) is 3.65. The first-order chi connectivity index (χ1) is 6.60. The Morgan fingerprint density at radius 3 is 2.71 bits per heavy atom. The minimum Gasteiger partial charge on any atom is -0.478 e. The van der Waals surface area contributed by atoms with Crippen molar-refractivity contribution in [3.8, 4) is 6.07 Å². The van der Waals surface area contributed by atoms with Gasteiger partial charge < -0.3 is 5.11 Å². The predicted molar refractivity (Wildman–Crippen MR) is 54.9 cm³/mol. The second-order valence-electron chi connectivity index (χ2n) is 2.58. The monoisotopic (exact) mass is 227 g/mol. The number of nitrogens with zero attached hydrogens (tertiary/aromatic N) is 1. The van der Waals surface area contributed by atoms with Crippen molar-refractivity contribution >= 4 is 30.2 Å². The van der Waals surface area contributed by atoms with Crippen LogP contribution in [0.25, 0.3) is 0 Å². The lowest BCUT2D eigenvalue weighted by Gasteiger charge is -2.05. The molecule has 1 rings (SSSR count). The van der Waals surface area contributed by atoms with Crippen LogP contribution in [0.15, 0.2) is 17.0 Å². The summed E-state index contributed by atoms with van der Waals surface area (Å²) in [7, 11) is 0. The van der Waals surface area contributed by atoms with E-state index in [0.717, 1.165) is 0 Å². The Hall–Kier alpha value is -1.18. The Bertz CT molecular complexity index is 426. The molecule has 0 amide bonds. The molecule has 0 spiro atoms. The van der Waals surface area contributed by atoms with E-state index in [1.54, 1.807) is 0 Å². The molecule has 72 valence electrons. The second-order valence-corrected chi connectivity index (χ2v) is 3.30. The zero-order valence-corrected chi connectivity index (χ0v) is 8.64. The molecule has 14 heavy (non-hydrogen) atoms. The van der Waals surface area contributed by atoms with Gasteiger partial charge in [0.2, 0.25) is 0 Å². The molecule has 1 N–H and O–H groups in total. The minimum atomic E-state index is -1.11. The highest BCUT2D eigenvalue weighted by Crippen LogP contribution is 2.23. The number of carbonyl (C=O) groups is 1. The number of hydrogen-bond acceptors (Lipinski definition) is 3. The highest BCUT2D eigenvalue weighted by molar-refractivity contribution is 7.80. The lowest BCUT2D eigenvalue weighted by atomic mass is 10.1. The van der Waals surface area contributed by atoms with Crippen molar-refractivity contribution in [2.75, 3.05) is 0 Å². The molecule has 3 nitrogen and oxygen atoms in total. The minimum absolute atomic E-state index is 0.00281. The van der Waals surface area contributed by atoms with Crippen molar-refractivity contribution in [2.24, 2.45) is 0 Å². The fourth-order valence-corrected chi connectivity index (χ4v) is 1.63. The van der Waals surface area contributed by atoms with Gasteiger partial charge in [-0.1, -0.05) is 0 Å². The van der Waals surface area contributed by atoms with E-state index in [1.165, 1.54) is 12.1 Å². The van der Waals surface area contributed by atoms with Gasteiger partial charge in [0.1, 0.15) is 0 Å². The lowest BCUT2D eigenvalue weighted by molar-refractivity contribution is 0.0693. The maximum atomic E-state index is 10.8. The fourth-order valence-electron chi connectivity index (χ4n) is 1.02. The number of nitriles is 1. The number of alkyl halides is 1. The Morgan fingerprint density at radius 2 is 2.29 bits per heavy atom. The van der Waals surface area contributed by atoms with Gasteiger partial charge in [0.05, 0.1) is 17.2 Å². The third kappa shape index (κ3) is 2.00. The van der Waals surface area contributed by atoms with Crippen LogP contribution < -0.4 is 0 Å². The topological polar surface area (TPSA) is 61.1 Å². The van der Waals surface area contributed by atoms with Crippen molar-refractivity contribution in [1.82, 2.24) is 0 Å². The van der Waals surface area contributed by atoms with Crippen molar-refractivity contribution < 1.29 is 9.90 Å². The number of carboxylic acid groups (broad SMARTS) is 1. The molecule has 0 saturated carbocycles. The maximum absolute atomic E-state index is 10.8. The van der Waals surface area contributed by atoms with Gasteiger partial charge in [0.25, 0.3) is 0 Å². The molecule has 5 heteroatoms. The number of thiol groups is 1. The van der Waals surface area contributed by atoms with Crippen molar-refractivity contribution in [2.45, 2.75) is 10.8 Å². The van der Waals surface area contributed by atoms with Gasteiger partial charge in [-0.05, 0) is 17.7 Å². The van der Waals surface area contributed by atoms with Gasteiger partial charge in [-0.3, -0.25) is 0 Å². The number of carboxylic acids is 1. The Balaban J connectivity index is 3.44. The van der Waals surface area contributed by atoms with Crippen molar-refractivity contribution in [1.29, 1.82) is 5.26 Å². The van der Waals surface area contributed by atoms with E-state index in [9.17, 15) is 4.79 Å². The molecule has 0 bridgehead atoms. The third-order valence-corrected chi connectivity index (χ3v) is 2.51. The van der Waals surface area contributed by atoms with Crippen molar-refractivity contribution in [3.63, 3.8) is 0 Å². The Morgan fingerprint density at radius 1 is 1.64 bits per heavy atom. The smallest absolute Gasteiger partial charge is 0.336 e. The van der Waals surface area contributed by atoms with E-state index in [4.69, 9.17) is 22.0 Å². The van der Waals surface area contributed by atoms with Gasteiger partial charge in [0.15, 0.2) is 0 Å². The van der Waals surface area contributed by atoms with E-state index in [0.29, 0.717) is 10.5 Å². The quantitative estimate of drug-likeness (QED) is 0.602. The van der Waals surface area contributed by atoms with Gasteiger partial charge in [-0.2, -0.15) is 5.26 Å². The molecule has 0 heterocycles. The Labute approximate surface area is 91.3 Å². The molecular formula is C9H6ClNO2S. The van der Waals surface area contributed by atoms with Crippen molar-refractivity contribution in [3.05, 3.63) is 28.8 Å². The number of benzene rings is 1. The SMILES string of the molecule is N#Cc1cc(CCl)c(S)c(C(=O)O)c1. The number of rotatable bonds is 2. The van der Waals surface area contributed by atoms with Gasteiger partial charge in [-0.25, -0.2) is 4.79 Å². The zero-order valence-electron chi connectivity index (χ0n) is 6.99. The number of aromatic carboxylic acids is 1. The molecule has 0 radical (unpaired) electrons. The molecular weight excluding hydrogens is 222 g/mol. The van der Waals surface area contributed by atoms with E-state index in [1.807, 2.05) is 6.07 Å². The van der Waals surface area contributed by atoms with E-state index >= 15 is 0 Å². The second kappa shape index (κ2) is 4.36. The normalized spacial score (nSPS) is 9.50. The van der Waals surface area contributed by atoms with E-state index < -0.39 is 5.97 Å². The average molecular weight is 228 g/mol. The molecule has 0 aliphatic carbocycles. The van der Waals surface area contributed by atoms with Crippen LogP contribution in [0.1, 0.15) is 21.5 Å². The molecule has 1 aromatic carbocycles. The van der Waals surface area contributed by atoms with Crippen LogP contribution in [0.4, 0.5) is 0 Å². The van der Waals surface area contributed by atoms with Crippen LogP contribution in [0.5, 0.6) is 0 Å². The van der Waals surface area contributed by atoms with E-state index in [-0.39, 0.29) is 17.0 Å². The molecule has 0 saturated heterocycles. The van der Waals surface area contributed by atoms with Gasteiger partial charge in [0, 0.05) is 10.8 Å². The maximum Gasteiger partial charge on any atom is 0.336 e. The summed E-state index contributed by atoms with van der Waals surface area (Å²) in [6.45, 7) is 0. The third-order valence-electron chi connectivity index (χ3n) is 1.69. The molecule has 0 aliphatic heterocycles. The molecule has 0 fully saturated rings. The summed E-state index contributed by atoms with van der Waals surface area (Å²) in [4.78, 5) is 11.1. The summed E-state index contributed by atoms with van der Waals surface area (Å²) < 4.78 is 0. The fraction of sp³-hybridized carbons (Fsp3) is 0.111. The van der Waals surface area contributed by atoms with Crippen LogP contribution in [0.3, 0.4) is 0 Å². The number of hydrogen-bond donors (Lipinski definition) is 2. The van der Waals surface area contributed by atoms with Crippen LogP contribution >= 0.6 is 24.2 Å². The van der Waals surface area contributed by atoms with Crippen LogP contribution in [0, 0.1) is 11.3 Å². The average Bonchev–Trinajstić information content (AvgIpc) is 2.17. The molecule has 0 atom stereocenters. The lowest BCUT2D eigenvalue weighted by Crippen LogP contribution is -2.01. The van der Waals surface area contributed by atoms with E-state index in [2.05, 4.69) is 12.6 Å². The summed E-state index contributed by atoms with van der Waals surface area (Å²) in [5, 5.41) is 17.4. The largest absolute Gasteiger partial charge is 0.478 e.